The standard InChI is InChI=1S/C11H11F2NO2.CH2O2/c1-16-7-3-8(12)11(9(13)4-7)6-2-10(15)14-5-6;2-1-3/h3-4,6H,2,5H2,1H3,(H,14,15);1H,(H,2,3)/t6-;/m0./s1. The number of hydrogen-bond acceptors (Lipinski definition) is 3. The van der Waals surface area contributed by atoms with E-state index in [-0.39, 0.29) is 36.7 Å². The molecule has 2 rings (SSSR count). The van der Waals surface area contributed by atoms with Crippen molar-refractivity contribution in [3.8, 4) is 5.75 Å². The van der Waals surface area contributed by atoms with Crippen molar-refractivity contribution < 1.29 is 28.2 Å². The van der Waals surface area contributed by atoms with Crippen molar-refractivity contribution in [1.29, 1.82) is 0 Å². The number of ether oxygens (including phenoxy) is 1. The number of carboxylic acid groups (broad SMARTS) is 1. The highest BCUT2D eigenvalue weighted by molar-refractivity contribution is 5.79. The fourth-order valence-electron chi connectivity index (χ4n) is 1.88. The third-order valence-corrected chi connectivity index (χ3v) is 2.67. The van der Waals surface area contributed by atoms with Crippen molar-refractivity contribution >= 4 is 12.4 Å². The summed E-state index contributed by atoms with van der Waals surface area (Å²) < 4.78 is 32.0. The van der Waals surface area contributed by atoms with E-state index in [1.54, 1.807) is 0 Å². The van der Waals surface area contributed by atoms with Crippen molar-refractivity contribution in [3.63, 3.8) is 0 Å². The van der Waals surface area contributed by atoms with Gasteiger partial charge in [0.2, 0.25) is 5.91 Å². The third-order valence-electron chi connectivity index (χ3n) is 2.67. The fourth-order valence-corrected chi connectivity index (χ4v) is 1.88. The first kappa shape index (κ1) is 14.9. The van der Waals surface area contributed by atoms with Gasteiger partial charge in [-0.1, -0.05) is 0 Å². The molecule has 5 nitrogen and oxygen atoms in total. The SMILES string of the molecule is COc1cc(F)c([C@@H]2CNC(=O)C2)c(F)c1.O=CO. The van der Waals surface area contributed by atoms with Crippen LogP contribution in [0.2, 0.25) is 0 Å². The van der Waals surface area contributed by atoms with Gasteiger partial charge in [0.1, 0.15) is 17.4 Å². The summed E-state index contributed by atoms with van der Waals surface area (Å²) in [6, 6.07) is 2.25. The molecule has 7 heteroatoms. The largest absolute Gasteiger partial charge is 0.497 e. The molecular formula is C12H13F2NO4. The number of amides is 1. The molecule has 0 saturated carbocycles. The highest BCUT2D eigenvalue weighted by atomic mass is 19.1. The molecule has 19 heavy (non-hydrogen) atoms. The Bertz CT molecular complexity index is 456. The molecule has 2 N–H and O–H groups in total. The minimum atomic E-state index is -0.668. The van der Waals surface area contributed by atoms with E-state index in [4.69, 9.17) is 14.6 Å². The fraction of sp³-hybridized carbons (Fsp3) is 0.333. The first-order valence-electron chi connectivity index (χ1n) is 5.41. The topological polar surface area (TPSA) is 75.6 Å². The second-order valence-electron chi connectivity index (χ2n) is 3.82. The van der Waals surface area contributed by atoms with E-state index in [0.29, 0.717) is 0 Å². The summed E-state index contributed by atoms with van der Waals surface area (Å²) in [5, 5.41) is 9.44. The van der Waals surface area contributed by atoms with Crippen LogP contribution in [0.5, 0.6) is 5.75 Å². The highest BCUT2D eigenvalue weighted by Crippen LogP contribution is 2.30. The quantitative estimate of drug-likeness (QED) is 0.796. The van der Waals surface area contributed by atoms with E-state index in [2.05, 4.69) is 5.32 Å². The zero-order valence-electron chi connectivity index (χ0n) is 10.2. The van der Waals surface area contributed by atoms with Gasteiger partial charge in [-0.15, -0.1) is 0 Å². The zero-order valence-corrected chi connectivity index (χ0v) is 10.2. The van der Waals surface area contributed by atoms with E-state index in [9.17, 15) is 13.6 Å². The van der Waals surface area contributed by atoms with Gasteiger partial charge in [0, 0.05) is 36.6 Å². The Hall–Kier alpha value is -2.18. The van der Waals surface area contributed by atoms with Crippen LogP contribution >= 0.6 is 0 Å². The molecule has 0 unspecified atom stereocenters. The lowest BCUT2D eigenvalue weighted by Gasteiger charge is -2.11. The zero-order chi connectivity index (χ0) is 14.4. The summed E-state index contributed by atoms with van der Waals surface area (Å²) in [4.78, 5) is 19.4. The summed E-state index contributed by atoms with van der Waals surface area (Å²) >= 11 is 0. The minimum absolute atomic E-state index is 0.0425. The molecule has 1 aliphatic rings. The Kier molecular flexibility index (Phi) is 5.23. The molecule has 0 aliphatic carbocycles. The van der Waals surface area contributed by atoms with Crippen molar-refractivity contribution in [2.75, 3.05) is 13.7 Å². The number of carbonyl (C=O) groups is 2. The summed E-state index contributed by atoms with van der Waals surface area (Å²) in [6.07, 6.45) is 0.125. The van der Waals surface area contributed by atoms with E-state index < -0.39 is 17.6 Å². The van der Waals surface area contributed by atoms with Crippen LogP contribution in [0.15, 0.2) is 12.1 Å². The molecule has 0 aromatic heterocycles. The Morgan fingerprint density at radius 3 is 2.32 bits per heavy atom. The Morgan fingerprint density at radius 2 is 1.95 bits per heavy atom. The van der Waals surface area contributed by atoms with Gasteiger partial charge in [-0.05, 0) is 0 Å². The average Bonchev–Trinajstić information content (AvgIpc) is 2.75. The lowest BCUT2D eigenvalue weighted by Crippen LogP contribution is -2.14. The molecule has 1 amide bonds. The van der Waals surface area contributed by atoms with Gasteiger partial charge >= 0.3 is 0 Å². The van der Waals surface area contributed by atoms with Crippen LogP contribution < -0.4 is 10.1 Å². The number of rotatable bonds is 2. The van der Waals surface area contributed by atoms with Gasteiger partial charge in [-0.3, -0.25) is 9.59 Å². The lowest BCUT2D eigenvalue weighted by molar-refractivity contribution is -0.123. The normalized spacial score (nSPS) is 17.2. The molecule has 0 radical (unpaired) electrons. The van der Waals surface area contributed by atoms with Gasteiger partial charge in [0.25, 0.3) is 6.47 Å². The van der Waals surface area contributed by atoms with Crippen molar-refractivity contribution in [3.05, 3.63) is 29.3 Å². The molecular weight excluding hydrogens is 260 g/mol. The lowest BCUT2D eigenvalue weighted by atomic mass is 9.97. The smallest absolute Gasteiger partial charge is 0.290 e. The molecule has 1 aromatic rings. The summed E-state index contributed by atoms with van der Waals surface area (Å²) in [7, 11) is 1.34. The van der Waals surface area contributed by atoms with Gasteiger partial charge in [0.15, 0.2) is 0 Å². The van der Waals surface area contributed by atoms with Crippen molar-refractivity contribution in [2.24, 2.45) is 0 Å². The van der Waals surface area contributed by atoms with Crippen LogP contribution in [0.3, 0.4) is 0 Å². The maximum atomic E-state index is 13.6. The summed E-state index contributed by atoms with van der Waals surface area (Å²) in [5.74, 6) is -1.81. The number of nitrogens with one attached hydrogen (secondary N) is 1. The Morgan fingerprint density at radius 1 is 1.42 bits per heavy atom. The van der Waals surface area contributed by atoms with Crippen LogP contribution in [-0.2, 0) is 9.59 Å². The van der Waals surface area contributed by atoms with Crippen molar-refractivity contribution in [1.82, 2.24) is 5.32 Å². The van der Waals surface area contributed by atoms with E-state index in [1.807, 2.05) is 0 Å². The number of carbonyl (C=O) groups excluding carboxylic acids is 1. The highest BCUT2D eigenvalue weighted by Gasteiger charge is 2.28. The van der Waals surface area contributed by atoms with E-state index in [1.165, 1.54) is 7.11 Å². The molecule has 1 aromatic carbocycles. The van der Waals surface area contributed by atoms with E-state index >= 15 is 0 Å². The minimum Gasteiger partial charge on any atom is -0.497 e. The Labute approximate surface area is 108 Å². The molecule has 104 valence electrons. The number of halogens is 2. The first-order valence-corrected chi connectivity index (χ1v) is 5.41. The van der Waals surface area contributed by atoms with Gasteiger partial charge < -0.3 is 15.2 Å². The van der Waals surface area contributed by atoms with Crippen LogP contribution in [0.4, 0.5) is 8.78 Å². The van der Waals surface area contributed by atoms with Crippen molar-refractivity contribution in [2.45, 2.75) is 12.3 Å². The molecule has 0 spiro atoms. The molecule has 0 bridgehead atoms. The maximum Gasteiger partial charge on any atom is 0.290 e. The molecule has 1 fully saturated rings. The first-order chi connectivity index (χ1) is 9.03. The average molecular weight is 273 g/mol. The number of hydrogen-bond donors (Lipinski definition) is 2. The van der Waals surface area contributed by atoms with E-state index in [0.717, 1.165) is 12.1 Å². The second kappa shape index (κ2) is 6.67. The van der Waals surface area contributed by atoms with Crippen LogP contribution in [-0.4, -0.2) is 31.1 Å². The van der Waals surface area contributed by atoms with Gasteiger partial charge in [-0.2, -0.15) is 0 Å². The molecule has 1 aliphatic heterocycles. The van der Waals surface area contributed by atoms with Crippen LogP contribution in [0.25, 0.3) is 0 Å². The van der Waals surface area contributed by atoms with Gasteiger partial charge in [0.05, 0.1) is 7.11 Å². The predicted molar refractivity (Wildman–Crippen MR) is 62.0 cm³/mol. The predicted octanol–water partition coefficient (Wildman–Crippen LogP) is 1.28. The molecule has 1 heterocycles. The van der Waals surface area contributed by atoms with Crippen LogP contribution in [0.1, 0.15) is 17.9 Å². The monoisotopic (exact) mass is 273 g/mol. The molecule has 1 atom stereocenters. The molecule has 1 saturated heterocycles. The van der Waals surface area contributed by atoms with Crippen LogP contribution in [0, 0.1) is 11.6 Å². The number of benzene rings is 1. The van der Waals surface area contributed by atoms with Gasteiger partial charge in [-0.25, -0.2) is 8.78 Å². The Balaban J connectivity index is 0.000000550. The second-order valence-corrected chi connectivity index (χ2v) is 3.82. The third kappa shape index (κ3) is 3.64. The summed E-state index contributed by atoms with van der Waals surface area (Å²) in [6.45, 7) is 0.0268. The summed E-state index contributed by atoms with van der Waals surface area (Å²) in [5.41, 5.74) is -0.0425. The number of methoxy groups -OCH3 is 1. The maximum absolute atomic E-state index is 13.6.